The van der Waals surface area contributed by atoms with Crippen LogP contribution in [0.1, 0.15) is 12.1 Å². The number of piperazine rings is 1. The molecule has 5 heteroatoms. The van der Waals surface area contributed by atoms with Crippen LogP contribution < -0.4 is 5.32 Å². The van der Waals surface area contributed by atoms with Gasteiger partial charge in [0.05, 0.1) is 5.69 Å². The monoisotopic (exact) mass is 324 g/mol. The van der Waals surface area contributed by atoms with E-state index in [0.717, 1.165) is 30.1 Å². The van der Waals surface area contributed by atoms with Gasteiger partial charge in [0.15, 0.2) is 0 Å². The summed E-state index contributed by atoms with van der Waals surface area (Å²) in [7, 11) is 0. The standard InChI is InChI=1S/C14H21BrN4/c15-12-1-2-13(17-9-12)11-18-5-7-19(8-6-18)14-3-4-16-10-14/h1-2,9,14,16H,3-8,10-11H2. The van der Waals surface area contributed by atoms with Gasteiger partial charge in [-0.1, -0.05) is 0 Å². The van der Waals surface area contributed by atoms with Gasteiger partial charge in [0, 0.05) is 56.0 Å². The molecule has 1 N–H and O–H groups in total. The minimum atomic E-state index is 0.771. The fourth-order valence-electron chi connectivity index (χ4n) is 2.97. The van der Waals surface area contributed by atoms with Crippen molar-refractivity contribution in [2.24, 2.45) is 0 Å². The summed E-state index contributed by atoms with van der Waals surface area (Å²) < 4.78 is 1.05. The number of aromatic nitrogens is 1. The van der Waals surface area contributed by atoms with Crippen molar-refractivity contribution < 1.29 is 0 Å². The Hall–Kier alpha value is -0.490. The molecule has 1 aromatic rings. The van der Waals surface area contributed by atoms with Crippen molar-refractivity contribution >= 4 is 15.9 Å². The molecule has 2 fully saturated rings. The van der Waals surface area contributed by atoms with E-state index in [1.807, 2.05) is 6.20 Å². The van der Waals surface area contributed by atoms with Gasteiger partial charge < -0.3 is 5.32 Å². The van der Waals surface area contributed by atoms with Crippen LogP contribution in [0, 0.1) is 0 Å². The average molecular weight is 325 g/mol. The van der Waals surface area contributed by atoms with Crippen LogP contribution in [0.3, 0.4) is 0 Å². The maximum absolute atomic E-state index is 4.46. The number of halogens is 1. The molecule has 2 aliphatic heterocycles. The molecule has 1 unspecified atom stereocenters. The zero-order valence-electron chi connectivity index (χ0n) is 11.2. The first-order valence-corrected chi connectivity index (χ1v) is 7.88. The van der Waals surface area contributed by atoms with Crippen LogP contribution in [0.25, 0.3) is 0 Å². The third kappa shape index (κ3) is 3.54. The molecule has 0 bridgehead atoms. The first-order chi connectivity index (χ1) is 9.31. The third-order valence-electron chi connectivity index (χ3n) is 4.13. The lowest BCUT2D eigenvalue weighted by atomic mass is 10.2. The first-order valence-electron chi connectivity index (χ1n) is 7.09. The highest BCUT2D eigenvalue weighted by Crippen LogP contribution is 2.14. The number of hydrogen-bond acceptors (Lipinski definition) is 4. The molecular formula is C14H21BrN4. The molecule has 1 atom stereocenters. The minimum Gasteiger partial charge on any atom is -0.315 e. The number of rotatable bonds is 3. The molecule has 2 aliphatic rings. The van der Waals surface area contributed by atoms with Crippen molar-refractivity contribution in [3.8, 4) is 0 Å². The Labute approximate surface area is 123 Å². The molecule has 0 spiro atoms. The maximum Gasteiger partial charge on any atom is 0.0544 e. The minimum absolute atomic E-state index is 0.771. The molecule has 3 rings (SSSR count). The largest absolute Gasteiger partial charge is 0.315 e. The fraction of sp³-hybridized carbons (Fsp3) is 0.643. The van der Waals surface area contributed by atoms with E-state index in [1.165, 1.54) is 38.3 Å². The van der Waals surface area contributed by atoms with Crippen LogP contribution in [-0.4, -0.2) is 60.1 Å². The van der Waals surface area contributed by atoms with Crippen LogP contribution in [0.4, 0.5) is 0 Å². The zero-order valence-corrected chi connectivity index (χ0v) is 12.8. The van der Waals surface area contributed by atoms with Crippen LogP contribution in [0.2, 0.25) is 0 Å². The Kier molecular flexibility index (Phi) is 4.48. The van der Waals surface area contributed by atoms with E-state index in [-0.39, 0.29) is 0 Å². The Bertz CT molecular complexity index is 394. The Morgan fingerprint density at radius 3 is 2.74 bits per heavy atom. The van der Waals surface area contributed by atoms with Gasteiger partial charge in [0.2, 0.25) is 0 Å². The molecule has 0 saturated carbocycles. The topological polar surface area (TPSA) is 31.4 Å². The van der Waals surface area contributed by atoms with E-state index >= 15 is 0 Å². The highest BCUT2D eigenvalue weighted by molar-refractivity contribution is 9.10. The fourth-order valence-corrected chi connectivity index (χ4v) is 3.20. The lowest BCUT2D eigenvalue weighted by Crippen LogP contribution is -2.50. The molecule has 0 amide bonds. The van der Waals surface area contributed by atoms with Gasteiger partial charge in [0.1, 0.15) is 0 Å². The maximum atomic E-state index is 4.46. The van der Waals surface area contributed by atoms with Gasteiger partial charge in [-0.15, -0.1) is 0 Å². The summed E-state index contributed by atoms with van der Waals surface area (Å²) in [6.45, 7) is 8.06. The van der Waals surface area contributed by atoms with Crippen LogP contribution in [-0.2, 0) is 6.54 Å². The average Bonchev–Trinajstić information content (AvgIpc) is 2.96. The second-order valence-corrected chi connectivity index (χ2v) is 6.34. The quantitative estimate of drug-likeness (QED) is 0.908. The smallest absolute Gasteiger partial charge is 0.0544 e. The predicted molar refractivity (Wildman–Crippen MR) is 80.1 cm³/mol. The summed E-state index contributed by atoms with van der Waals surface area (Å²) in [6, 6.07) is 4.95. The van der Waals surface area contributed by atoms with Crippen molar-refractivity contribution in [1.29, 1.82) is 0 Å². The van der Waals surface area contributed by atoms with Crippen molar-refractivity contribution in [3.63, 3.8) is 0 Å². The molecule has 0 aliphatic carbocycles. The van der Waals surface area contributed by atoms with Crippen LogP contribution in [0.5, 0.6) is 0 Å². The number of nitrogens with one attached hydrogen (secondary N) is 1. The molecule has 2 saturated heterocycles. The third-order valence-corrected chi connectivity index (χ3v) is 4.60. The van der Waals surface area contributed by atoms with Crippen molar-refractivity contribution in [3.05, 3.63) is 28.5 Å². The van der Waals surface area contributed by atoms with Gasteiger partial charge >= 0.3 is 0 Å². The lowest BCUT2D eigenvalue weighted by molar-refractivity contribution is 0.0973. The van der Waals surface area contributed by atoms with Crippen molar-refractivity contribution in [2.45, 2.75) is 19.0 Å². The van der Waals surface area contributed by atoms with Crippen LogP contribution in [0.15, 0.2) is 22.8 Å². The number of nitrogens with zero attached hydrogens (tertiary/aromatic N) is 3. The summed E-state index contributed by atoms with van der Waals surface area (Å²) >= 11 is 3.43. The summed E-state index contributed by atoms with van der Waals surface area (Å²) in [5.41, 5.74) is 1.17. The van der Waals surface area contributed by atoms with E-state index in [4.69, 9.17) is 0 Å². The number of pyridine rings is 1. The zero-order chi connectivity index (χ0) is 13.1. The summed E-state index contributed by atoms with van der Waals surface area (Å²) in [5, 5.41) is 3.46. The molecule has 19 heavy (non-hydrogen) atoms. The van der Waals surface area contributed by atoms with Gasteiger partial charge in [-0.25, -0.2) is 0 Å². The molecule has 0 radical (unpaired) electrons. The summed E-state index contributed by atoms with van der Waals surface area (Å²) in [5.74, 6) is 0. The van der Waals surface area contributed by atoms with E-state index in [1.54, 1.807) is 0 Å². The number of hydrogen-bond donors (Lipinski definition) is 1. The molecular weight excluding hydrogens is 304 g/mol. The first kappa shape index (κ1) is 13.5. The Balaban J connectivity index is 1.48. The van der Waals surface area contributed by atoms with Gasteiger partial charge in [-0.2, -0.15) is 0 Å². The van der Waals surface area contributed by atoms with Crippen molar-refractivity contribution in [1.82, 2.24) is 20.1 Å². The Morgan fingerprint density at radius 2 is 2.11 bits per heavy atom. The van der Waals surface area contributed by atoms with E-state index in [9.17, 15) is 0 Å². The molecule has 3 heterocycles. The summed E-state index contributed by atoms with van der Waals surface area (Å²) in [6.07, 6.45) is 3.20. The summed E-state index contributed by atoms with van der Waals surface area (Å²) in [4.78, 5) is 9.61. The van der Waals surface area contributed by atoms with Crippen LogP contribution >= 0.6 is 15.9 Å². The van der Waals surface area contributed by atoms with E-state index in [2.05, 4.69) is 48.2 Å². The van der Waals surface area contributed by atoms with Gasteiger partial charge in [-0.3, -0.25) is 14.8 Å². The predicted octanol–water partition coefficient (Wildman–Crippen LogP) is 1.32. The Morgan fingerprint density at radius 1 is 1.26 bits per heavy atom. The van der Waals surface area contributed by atoms with E-state index < -0.39 is 0 Å². The molecule has 104 valence electrons. The lowest BCUT2D eigenvalue weighted by Gasteiger charge is -2.37. The molecule has 4 nitrogen and oxygen atoms in total. The van der Waals surface area contributed by atoms with Crippen molar-refractivity contribution in [2.75, 3.05) is 39.3 Å². The van der Waals surface area contributed by atoms with E-state index in [0.29, 0.717) is 0 Å². The van der Waals surface area contributed by atoms with Gasteiger partial charge in [-0.05, 0) is 41.0 Å². The highest BCUT2D eigenvalue weighted by atomic mass is 79.9. The highest BCUT2D eigenvalue weighted by Gasteiger charge is 2.25. The SMILES string of the molecule is Brc1ccc(CN2CCN(C3CCNC3)CC2)nc1. The second-order valence-electron chi connectivity index (χ2n) is 5.43. The molecule has 0 aromatic carbocycles. The second kappa shape index (κ2) is 6.31. The molecule has 1 aromatic heterocycles. The van der Waals surface area contributed by atoms with Gasteiger partial charge in [0.25, 0.3) is 0 Å². The normalized spacial score (nSPS) is 25.8.